The molecule has 24 heavy (non-hydrogen) atoms. The molecule has 0 fully saturated rings. The van der Waals surface area contributed by atoms with Crippen LogP contribution >= 0.6 is 22.9 Å². The van der Waals surface area contributed by atoms with Gasteiger partial charge in [0.15, 0.2) is 0 Å². The second-order valence-electron chi connectivity index (χ2n) is 5.47. The molecule has 0 saturated heterocycles. The van der Waals surface area contributed by atoms with Gasteiger partial charge in [0.25, 0.3) is 5.91 Å². The molecule has 2 N–H and O–H groups in total. The highest BCUT2D eigenvalue weighted by molar-refractivity contribution is 7.15. The molecule has 1 heterocycles. The number of carbonyl (C=O) groups is 2. The van der Waals surface area contributed by atoms with Crippen molar-refractivity contribution in [3.63, 3.8) is 0 Å². The fourth-order valence-corrected chi connectivity index (χ4v) is 3.28. The van der Waals surface area contributed by atoms with Gasteiger partial charge in [0, 0.05) is 18.5 Å². The van der Waals surface area contributed by atoms with E-state index in [1.165, 1.54) is 24.3 Å². The molecule has 1 atom stereocenters. The number of nitrogens with one attached hydrogen (secondary N) is 2. The Bertz CT molecular complexity index is 747. The van der Waals surface area contributed by atoms with Gasteiger partial charge < -0.3 is 5.32 Å². The Morgan fingerprint density at radius 1 is 1.29 bits per heavy atom. The third kappa shape index (κ3) is 4.75. The summed E-state index contributed by atoms with van der Waals surface area (Å²) in [5.41, 5.74) is 0.847. The molecule has 0 spiro atoms. The highest BCUT2D eigenvalue weighted by atomic mass is 35.5. The number of aromatic nitrogens is 2. The van der Waals surface area contributed by atoms with Crippen molar-refractivity contribution in [3.05, 3.63) is 33.8 Å². The monoisotopic (exact) mass is 366 g/mol. The molecule has 2 rings (SSSR count). The standard InChI is InChI=1S/C16H19ClN4O2S/c1-4-5-9(2)15-20-21-16(24-15)19-14(23)12-7-6-11(8-13(12)17)18-10(3)22/h6-9H,4-5H2,1-3H3,(H,18,22)(H,19,21,23)/t9-/m1/s1. The van der Waals surface area contributed by atoms with Crippen molar-refractivity contribution in [2.24, 2.45) is 0 Å². The summed E-state index contributed by atoms with van der Waals surface area (Å²) in [4.78, 5) is 23.4. The molecule has 1 aromatic carbocycles. The number of nitrogens with zero attached hydrogens (tertiary/aromatic N) is 2. The minimum absolute atomic E-state index is 0.203. The van der Waals surface area contributed by atoms with E-state index in [-0.39, 0.29) is 16.8 Å². The number of anilines is 2. The number of amides is 2. The zero-order valence-corrected chi connectivity index (χ0v) is 15.3. The highest BCUT2D eigenvalue weighted by Crippen LogP contribution is 2.27. The molecule has 128 valence electrons. The summed E-state index contributed by atoms with van der Waals surface area (Å²) in [6.45, 7) is 5.61. The van der Waals surface area contributed by atoms with Crippen LogP contribution in [-0.4, -0.2) is 22.0 Å². The lowest BCUT2D eigenvalue weighted by Gasteiger charge is -2.07. The summed E-state index contributed by atoms with van der Waals surface area (Å²) >= 11 is 7.49. The van der Waals surface area contributed by atoms with Crippen molar-refractivity contribution in [1.29, 1.82) is 0 Å². The lowest BCUT2D eigenvalue weighted by Crippen LogP contribution is -2.13. The average molecular weight is 367 g/mol. The molecule has 0 aliphatic carbocycles. The van der Waals surface area contributed by atoms with E-state index in [9.17, 15) is 9.59 Å². The Labute approximate surface area is 149 Å². The van der Waals surface area contributed by atoms with Crippen molar-refractivity contribution >= 4 is 45.6 Å². The van der Waals surface area contributed by atoms with E-state index < -0.39 is 0 Å². The summed E-state index contributed by atoms with van der Waals surface area (Å²) in [5, 5.41) is 15.1. The molecule has 2 aromatic rings. The Balaban J connectivity index is 2.08. The zero-order chi connectivity index (χ0) is 17.7. The number of rotatable bonds is 6. The third-order valence-electron chi connectivity index (χ3n) is 3.34. The van der Waals surface area contributed by atoms with Gasteiger partial charge in [0.05, 0.1) is 10.6 Å². The van der Waals surface area contributed by atoms with E-state index in [0.717, 1.165) is 17.8 Å². The van der Waals surface area contributed by atoms with Crippen LogP contribution in [0.1, 0.15) is 54.9 Å². The predicted molar refractivity (Wildman–Crippen MR) is 96.9 cm³/mol. The normalized spacial score (nSPS) is 11.8. The summed E-state index contributed by atoms with van der Waals surface area (Å²) < 4.78 is 0. The molecular formula is C16H19ClN4O2S. The first kappa shape index (κ1) is 18.4. The van der Waals surface area contributed by atoms with Gasteiger partial charge in [-0.3, -0.25) is 14.9 Å². The minimum Gasteiger partial charge on any atom is -0.326 e. The molecule has 1 aromatic heterocycles. The average Bonchev–Trinajstić information content (AvgIpc) is 2.95. The van der Waals surface area contributed by atoms with Crippen LogP contribution in [-0.2, 0) is 4.79 Å². The van der Waals surface area contributed by atoms with Crippen LogP contribution < -0.4 is 10.6 Å². The summed E-state index contributed by atoms with van der Waals surface area (Å²) in [6, 6.07) is 4.72. The molecule has 6 nitrogen and oxygen atoms in total. The van der Waals surface area contributed by atoms with Gasteiger partial charge >= 0.3 is 0 Å². The summed E-state index contributed by atoms with van der Waals surface area (Å²) in [7, 11) is 0. The molecule has 2 amide bonds. The SMILES string of the molecule is CCC[C@@H](C)c1nnc(NC(=O)c2ccc(NC(C)=O)cc2Cl)s1. The second-order valence-corrected chi connectivity index (χ2v) is 6.88. The molecule has 0 saturated carbocycles. The van der Waals surface area contributed by atoms with E-state index in [1.807, 2.05) is 0 Å². The largest absolute Gasteiger partial charge is 0.326 e. The van der Waals surface area contributed by atoms with Gasteiger partial charge in [-0.05, 0) is 24.6 Å². The van der Waals surface area contributed by atoms with Crippen LogP contribution in [0.3, 0.4) is 0 Å². The summed E-state index contributed by atoms with van der Waals surface area (Å²) in [5.74, 6) is -0.246. The number of hydrogen-bond acceptors (Lipinski definition) is 5. The highest BCUT2D eigenvalue weighted by Gasteiger charge is 2.16. The van der Waals surface area contributed by atoms with Gasteiger partial charge in [0.2, 0.25) is 11.0 Å². The Kier molecular flexibility index (Phi) is 6.28. The minimum atomic E-state index is -0.361. The fraction of sp³-hybridized carbons (Fsp3) is 0.375. The van der Waals surface area contributed by atoms with Crippen LogP contribution in [0.15, 0.2) is 18.2 Å². The number of carbonyl (C=O) groups excluding carboxylic acids is 2. The van der Waals surface area contributed by atoms with Crippen molar-refractivity contribution in [2.75, 3.05) is 10.6 Å². The quantitative estimate of drug-likeness (QED) is 0.797. The molecular weight excluding hydrogens is 348 g/mol. The first-order valence-corrected chi connectivity index (χ1v) is 8.82. The second kappa shape index (κ2) is 8.21. The topological polar surface area (TPSA) is 84.0 Å². The van der Waals surface area contributed by atoms with Crippen molar-refractivity contribution in [1.82, 2.24) is 10.2 Å². The molecule has 0 bridgehead atoms. The van der Waals surface area contributed by atoms with Crippen molar-refractivity contribution in [2.45, 2.75) is 39.5 Å². The maximum atomic E-state index is 12.3. The Morgan fingerprint density at radius 3 is 2.67 bits per heavy atom. The van der Waals surface area contributed by atoms with E-state index in [2.05, 4.69) is 34.7 Å². The lowest BCUT2D eigenvalue weighted by molar-refractivity contribution is -0.114. The smallest absolute Gasteiger partial charge is 0.259 e. The van der Waals surface area contributed by atoms with E-state index >= 15 is 0 Å². The molecule has 0 aliphatic heterocycles. The van der Waals surface area contributed by atoms with Crippen molar-refractivity contribution in [3.8, 4) is 0 Å². The number of hydrogen-bond donors (Lipinski definition) is 2. The van der Waals surface area contributed by atoms with Crippen LogP contribution in [0.2, 0.25) is 5.02 Å². The Morgan fingerprint density at radius 2 is 2.04 bits per heavy atom. The zero-order valence-electron chi connectivity index (χ0n) is 13.7. The van der Waals surface area contributed by atoms with Gasteiger partial charge in [-0.15, -0.1) is 10.2 Å². The van der Waals surface area contributed by atoms with E-state index in [0.29, 0.717) is 22.3 Å². The first-order chi connectivity index (χ1) is 11.4. The first-order valence-electron chi connectivity index (χ1n) is 7.62. The van der Waals surface area contributed by atoms with Gasteiger partial charge in [-0.25, -0.2) is 0 Å². The Hall–Kier alpha value is -1.99. The van der Waals surface area contributed by atoms with Crippen LogP contribution in [0.25, 0.3) is 0 Å². The molecule has 0 radical (unpaired) electrons. The van der Waals surface area contributed by atoms with Gasteiger partial charge in [-0.1, -0.05) is 43.2 Å². The van der Waals surface area contributed by atoms with Crippen LogP contribution in [0, 0.1) is 0 Å². The van der Waals surface area contributed by atoms with Crippen molar-refractivity contribution < 1.29 is 9.59 Å². The fourth-order valence-electron chi connectivity index (χ4n) is 2.19. The predicted octanol–water partition coefficient (Wildman–Crippen LogP) is 4.31. The van der Waals surface area contributed by atoms with E-state index in [4.69, 9.17) is 11.6 Å². The maximum absolute atomic E-state index is 12.3. The van der Waals surface area contributed by atoms with Crippen LogP contribution in [0.4, 0.5) is 10.8 Å². The van der Waals surface area contributed by atoms with Gasteiger partial charge in [-0.2, -0.15) is 0 Å². The molecule has 0 aliphatic rings. The van der Waals surface area contributed by atoms with E-state index in [1.54, 1.807) is 12.1 Å². The molecule has 8 heteroatoms. The van der Waals surface area contributed by atoms with Crippen LogP contribution in [0.5, 0.6) is 0 Å². The summed E-state index contributed by atoms with van der Waals surface area (Å²) in [6.07, 6.45) is 2.09. The number of halogens is 1. The maximum Gasteiger partial charge on any atom is 0.259 e. The molecule has 0 unspecified atom stereocenters. The lowest BCUT2D eigenvalue weighted by atomic mass is 10.1. The third-order valence-corrected chi connectivity index (χ3v) is 4.72. The van der Waals surface area contributed by atoms with Gasteiger partial charge in [0.1, 0.15) is 5.01 Å². The number of benzene rings is 1.